The molecule has 0 N–H and O–H groups in total. The van der Waals surface area contributed by atoms with Crippen molar-refractivity contribution in [2.75, 3.05) is 14.2 Å². The molecule has 8 heteroatoms. The van der Waals surface area contributed by atoms with Crippen LogP contribution >= 0.6 is 0 Å². The predicted octanol–water partition coefficient (Wildman–Crippen LogP) is 2.04. The van der Waals surface area contributed by atoms with Gasteiger partial charge in [-0.15, -0.1) is 5.10 Å². The van der Waals surface area contributed by atoms with E-state index >= 15 is 0 Å². The van der Waals surface area contributed by atoms with Crippen LogP contribution in [0.25, 0.3) is 16.7 Å². The molecule has 2 heterocycles. The molecule has 136 valence electrons. The minimum absolute atomic E-state index is 0.190. The van der Waals surface area contributed by atoms with Gasteiger partial charge in [-0.1, -0.05) is 17.3 Å². The maximum absolute atomic E-state index is 12.3. The molecule has 2 aromatic carbocycles. The SMILES string of the molecule is COc1ccc(-n2cc(Cn3c(=O)cnc4ccccc43)nn2)c(OC)c1. The molecule has 27 heavy (non-hydrogen) atoms. The topological polar surface area (TPSA) is 84.1 Å². The lowest BCUT2D eigenvalue weighted by Gasteiger charge is -2.09. The van der Waals surface area contributed by atoms with Crippen LogP contribution < -0.4 is 15.0 Å². The van der Waals surface area contributed by atoms with Gasteiger partial charge in [0.1, 0.15) is 22.9 Å². The molecule has 4 rings (SSSR count). The normalized spacial score (nSPS) is 10.9. The molecule has 0 fully saturated rings. The van der Waals surface area contributed by atoms with Crippen LogP contribution in [0, 0.1) is 0 Å². The number of fused-ring (bicyclic) bond motifs is 1. The van der Waals surface area contributed by atoms with Crippen molar-refractivity contribution < 1.29 is 9.47 Å². The van der Waals surface area contributed by atoms with Crippen LogP contribution in [0.15, 0.2) is 59.7 Å². The van der Waals surface area contributed by atoms with Gasteiger partial charge in [-0.2, -0.15) is 0 Å². The number of methoxy groups -OCH3 is 2. The lowest BCUT2D eigenvalue weighted by atomic mass is 10.2. The second-order valence-electron chi connectivity index (χ2n) is 5.86. The zero-order valence-electron chi connectivity index (χ0n) is 14.9. The Labute approximate surface area is 154 Å². The van der Waals surface area contributed by atoms with Crippen LogP contribution in [-0.2, 0) is 6.54 Å². The summed E-state index contributed by atoms with van der Waals surface area (Å²) in [6, 6.07) is 12.9. The molecule has 0 atom stereocenters. The van der Waals surface area contributed by atoms with Crippen molar-refractivity contribution in [2.24, 2.45) is 0 Å². The molecule has 0 radical (unpaired) electrons. The van der Waals surface area contributed by atoms with Crippen LogP contribution in [0.2, 0.25) is 0 Å². The highest BCUT2D eigenvalue weighted by Crippen LogP contribution is 2.27. The maximum atomic E-state index is 12.3. The number of aromatic nitrogens is 5. The Balaban J connectivity index is 1.71. The van der Waals surface area contributed by atoms with E-state index in [2.05, 4.69) is 15.3 Å². The van der Waals surface area contributed by atoms with E-state index in [9.17, 15) is 4.79 Å². The molecule has 0 saturated heterocycles. The molecule has 0 unspecified atom stereocenters. The van der Waals surface area contributed by atoms with Gasteiger partial charge in [0.15, 0.2) is 0 Å². The van der Waals surface area contributed by atoms with Gasteiger partial charge in [-0.05, 0) is 24.3 Å². The van der Waals surface area contributed by atoms with E-state index in [0.29, 0.717) is 23.7 Å². The van der Waals surface area contributed by atoms with Gasteiger partial charge in [-0.3, -0.25) is 9.36 Å². The summed E-state index contributed by atoms with van der Waals surface area (Å²) in [5.74, 6) is 1.29. The highest BCUT2D eigenvalue weighted by Gasteiger charge is 2.12. The van der Waals surface area contributed by atoms with Crippen molar-refractivity contribution >= 4 is 11.0 Å². The van der Waals surface area contributed by atoms with E-state index < -0.39 is 0 Å². The zero-order chi connectivity index (χ0) is 18.8. The molecule has 0 amide bonds. The second-order valence-corrected chi connectivity index (χ2v) is 5.86. The number of hydrogen-bond acceptors (Lipinski definition) is 6. The minimum atomic E-state index is -0.190. The smallest absolute Gasteiger partial charge is 0.269 e. The van der Waals surface area contributed by atoms with E-state index in [1.807, 2.05) is 36.4 Å². The third-order valence-electron chi connectivity index (χ3n) is 4.25. The first-order valence-electron chi connectivity index (χ1n) is 8.28. The molecule has 2 aromatic heterocycles. The number of rotatable bonds is 5. The number of nitrogens with zero attached hydrogens (tertiary/aromatic N) is 5. The fourth-order valence-corrected chi connectivity index (χ4v) is 2.90. The molecule has 0 aliphatic heterocycles. The monoisotopic (exact) mass is 363 g/mol. The molecule has 0 spiro atoms. The summed E-state index contributed by atoms with van der Waals surface area (Å²) in [6.07, 6.45) is 3.09. The molecule has 0 saturated carbocycles. The Kier molecular flexibility index (Phi) is 4.29. The third-order valence-corrected chi connectivity index (χ3v) is 4.25. The first-order chi connectivity index (χ1) is 13.2. The number of hydrogen-bond donors (Lipinski definition) is 0. The van der Waals surface area contributed by atoms with Gasteiger partial charge in [0, 0.05) is 6.07 Å². The maximum Gasteiger partial charge on any atom is 0.269 e. The lowest BCUT2D eigenvalue weighted by molar-refractivity contribution is 0.392. The Morgan fingerprint density at radius 2 is 1.93 bits per heavy atom. The Hall–Kier alpha value is -3.68. The first-order valence-corrected chi connectivity index (χ1v) is 8.28. The number of benzene rings is 2. The standard InChI is InChI=1S/C19H17N5O3/c1-26-14-7-8-17(18(9-14)27-2)24-12-13(21-22-24)11-23-16-6-4-3-5-15(16)20-10-19(23)25/h3-10,12H,11H2,1-2H3. The van der Waals surface area contributed by atoms with Crippen molar-refractivity contribution in [1.82, 2.24) is 24.5 Å². The highest BCUT2D eigenvalue weighted by molar-refractivity contribution is 5.74. The first kappa shape index (κ1) is 16.8. The van der Waals surface area contributed by atoms with Crippen molar-refractivity contribution in [2.45, 2.75) is 6.54 Å². The molecular weight excluding hydrogens is 346 g/mol. The summed E-state index contributed by atoms with van der Waals surface area (Å²) < 4.78 is 13.9. The summed E-state index contributed by atoms with van der Waals surface area (Å²) in [5, 5.41) is 8.37. The molecule has 4 aromatic rings. The predicted molar refractivity (Wildman–Crippen MR) is 99.6 cm³/mol. The van der Waals surface area contributed by atoms with Crippen LogP contribution in [0.3, 0.4) is 0 Å². The Morgan fingerprint density at radius 1 is 1.07 bits per heavy atom. The van der Waals surface area contributed by atoms with Gasteiger partial charge in [0.25, 0.3) is 5.56 Å². The van der Waals surface area contributed by atoms with Crippen molar-refractivity contribution in [1.29, 1.82) is 0 Å². The van der Waals surface area contributed by atoms with Gasteiger partial charge in [0.2, 0.25) is 0 Å². The van der Waals surface area contributed by atoms with Gasteiger partial charge in [-0.25, -0.2) is 9.67 Å². The summed E-state index contributed by atoms with van der Waals surface area (Å²) in [4.78, 5) is 16.5. The van der Waals surface area contributed by atoms with E-state index in [-0.39, 0.29) is 5.56 Å². The largest absolute Gasteiger partial charge is 0.497 e. The molecule has 0 bridgehead atoms. The van der Waals surface area contributed by atoms with Crippen LogP contribution in [0.4, 0.5) is 0 Å². The van der Waals surface area contributed by atoms with Gasteiger partial charge in [0.05, 0.1) is 44.2 Å². The van der Waals surface area contributed by atoms with Gasteiger partial charge >= 0.3 is 0 Å². The molecular formula is C19H17N5O3. The summed E-state index contributed by atoms with van der Waals surface area (Å²) in [6.45, 7) is 0.292. The van der Waals surface area contributed by atoms with Crippen molar-refractivity contribution in [3.8, 4) is 17.2 Å². The fourth-order valence-electron chi connectivity index (χ4n) is 2.90. The molecule has 0 aliphatic rings. The van der Waals surface area contributed by atoms with Crippen LogP contribution in [0.1, 0.15) is 5.69 Å². The summed E-state index contributed by atoms with van der Waals surface area (Å²) >= 11 is 0. The van der Waals surface area contributed by atoms with Gasteiger partial charge < -0.3 is 9.47 Å². The number of para-hydroxylation sites is 2. The van der Waals surface area contributed by atoms with Crippen LogP contribution in [0.5, 0.6) is 11.5 Å². The fraction of sp³-hybridized carbons (Fsp3) is 0.158. The van der Waals surface area contributed by atoms with E-state index in [4.69, 9.17) is 9.47 Å². The highest BCUT2D eigenvalue weighted by atomic mass is 16.5. The number of ether oxygens (including phenoxy) is 2. The van der Waals surface area contributed by atoms with Crippen molar-refractivity contribution in [3.05, 3.63) is 70.9 Å². The molecule has 8 nitrogen and oxygen atoms in total. The van der Waals surface area contributed by atoms with Crippen LogP contribution in [-0.4, -0.2) is 38.8 Å². The lowest BCUT2D eigenvalue weighted by Crippen LogP contribution is -2.21. The second kappa shape index (κ2) is 6.91. The minimum Gasteiger partial charge on any atom is -0.497 e. The van der Waals surface area contributed by atoms with E-state index in [1.54, 1.807) is 35.7 Å². The average molecular weight is 363 g/mol. The van der Waals surface area contributed by atoms with E-state index in [1.165, 1.54) is 6.20 Å². The third kappa shape index (κ3) is 3.12. The Morgan fingerprint density at radius 3 is 2.74 bits per heavy atom. The quantitative estimate of drug-likeness (QED) is 0.540. The molecule has 0 aliphatic carbocycles. The summed E-state index contributed by atoms with van der Waals surface area (Å²) in [7, 11) is 3.18. The van der Waals surface area contributed by atoms with Crippen molar-refractivity contribution in [3.63, 3.8) is 0 Å². The Bertz CT molecular complexity index is 1170. The average Bonchev–Trinajstić information content (AvgIpc) is 3.18. The van der Waals surface area contributed by atoms with E-state index in [0.717, 1.165) is 16.7 Å². The summed E-state index contributed by atoms with van der Waals surface area (Å²) in [5.41, 5.74) is 2.68. The zero-order valence-corrected chi connectivity index (χ0v) is 14.9.